The van der Waals surface area contributed by atoms with Crippen LogP contribution in [-0.2, 0) is 4.74 Å². The Morgan fingerprint density at radius 2 is 1.57 bits per heavy atom. The SMILES string of the molecule is O=C(OC1CC2CC1C1CC3C4C=CC(C4)C3C21)c1cccc(-c2ccccc2)c1. The molecule has 0 heterocycles. The summed E-state index contributed by atoms with van der Waals surface area (Å²) < 4.78 is 6.17. The van der Waals surface area contributed by atoms with Crippen molar-refractivity contribution in [3.8, 4) is 11.1 Å². The van der Waals surface area contributed by atoms with Crippen LogP contribution in [0.2, 0.25) is 0 Å². The van der Waals surface area contributed by atoms with Crippen molar-refractivity contribution < 1.29 is 9.53 Å². The highest BCUT2D eigenvalue weighted by atomic mass is 16.5. The molecule has 9 unspecified atom stereocenters. The zero-order valence-electron chi connectivity index (χ0n) is 17.2. The van der Waals surface area contributed by atoms with E-state index < -0.39 is 0 Å². The fourth-order valence-corrected chi connectivity index (χ4v) is 8.38. The molecule has 2 nitrogen and oxygen atoms in total. The molecule has 0 spiro atoms. The van der Waals surface area contributed by atoms with Crippen LogP contribution < -0.4 is 0 Å². The number of rotatable bonds is 3. The first-order valence-electron chi connectivity index (χ1n) is 11.8. The molecular formula is C28H28O2. The van der Waals surface area contributed by atoms with E-state index in [0.717, 1.165) is 59.0 Å². The van der Waals surface area contributed by atoms with E-state index >= 15 is 0 Å². The lowest BCUT2D eigenvalue weighted by Gasteiger charge is -2.35. The van der Waals surface area contributed by atoms with Gasteiger partial charge in [0.25, 0.3) is 0 Å². The van der Waals surface area contributed by atoms with Gasteiger partial charge in [-0.05, 0) is 96.3 Å². The molecular weight excluding hydrogens is 368 g/mol. The first-order chi connectivity index (χ1) is 14.8. The molecule has 4 bridgehead atoms. The van der Waals surface area contributed by atoms with Gasteiger partial charge in [-0.15, -0.1) is 0 Å². The van der Waals surface area contributed by atoms with Gasteiger partial charge < -0.3 is 4.74 Å². The van der Waals surface area contributed by atoms with E-state index in [-0.39, 0.29) is 12.1 Å². The largest absolute Gasteiger partial charge is 0.458 e. The average molecular weight is 397 g/mol. The molecule has 2 aromatic rings. The van der Waals surface area contributed by atoms with E-state index in [4.69, 9.17) is 4.74 Å². The van der Waals surface area contributed by atoms with Crippen LogP contribution in [0.25, 0.3) is 11.1 Å². The van der Waals surface area contributed by atoms with Gasteiger partial charge in [0.15, 0.2) is 0 Å². The molecule has 2 heteroatoms. The summed E-state index contributed by atoms with van der Waals surface area (Å²) in [5.74, 6) is 6.55. The monoisotopic (exact) mass is 396 g/mol. The Labute approximate surface area is 178 Å². The second-order valence-corrected chi connectivity index (χ2v) is 10.5. The number of allylic oxidation sites excluding steroid dienone is 2. The highest BCUT2D eigenvalue weighted by Gasteiger charge is 2.65. The van der Waals surface area contributed by atoms with Crippen molar-refractivity contribution in [1.29, 1.82) is 0 Å². The maximum absolute atomic E-state index is 13.0. The molecule has 0 aliphatic heterocycles. The smallest absolute Gasteiger partial charge is 0.338 e. The van der Waals surface area contributed by atoms with E-state index in [0.29, 0.717) is 11.5 Å². The van der Waals surface area contributed by atoms with Gasteiger partial charge in [-0.3, -0.25) is 0 Å². The van der Waals surface area contributed by atoms with Gasteiger partial charge >= 0.3 is 5.97 Å². The molecule has 5 aliphatic rings. The molecule has 4 fully saturated rings. The molecule has 0 amide bonds. The predicted molar refractivity (Wildman–Crippen MR) is 117 cm³/mol. The van der Waals surface area contributed by atoms with Crippen LogP contribution >= 0.6 is 0 Å². The van der Waals surface area contributed by atoms with Crippen LogP contribution in [-0.4, -0.2) is 12.1 Å². The molecule has 0 radical (unpaired) electrons. The molecule has 152 valence electrons. The summed E-state index contributed by atoms with van der Waals surface area (Å²) in [6.07, 6.45) is 10.4. The lowest BCUT2D eigenvalue weighted by atomic mass is 9.73. The van der Waals surface area contributed by atoms with Crippen LogP contribution in [0.15, 0.2) is 66.7 Å². The Bertz CT molecular complexity index is 1020. The second kappa shape index (κ2) is 6.33. The Morgan fingerprint density at radius 1 is 0.733 bits per heavy atom. The molecule has 4 saturated carbocycles. The molecule has 2 aromatic carbocycles. The van der Waals surface area contributed by atoms with Gasteiger partial charge in [0.1, 0.15) is 6.10 Å². The van der Waals surface area contributed by atoms with Crippen molar-refractivity contribution in [1.82, 2.24) is 0 Å². The van der Waals surface area contributed by atoms with E-state index in [1.54, 1.807) is 0 Å². The number of ether oxygens (including phenoxy) is 1. The fourth-order valence-electron chi connectivity index (χ4n) is 8.38. The number of carbonyl (C=O) groups is 1. The number of fused-ring (bicyclic) bond motifs is 11. The fraction of sp³-hybridized carbons (Fsp3) is 0.464. The topological polar surface area (TPSA) is 26.3 Å². The van der Waals surface area contributed by atoms with Crippen molar-refractivity contribution in [3.63, 3.8) is 0 Å². The van der Waals surface area contributed by atoms with E-state index in [2.05, 4.69) is 30.4 Å². The lowest BCUT2D eigenvalue weighted by molar-refractivity contribution is -0.00227. The Kier molecular flexibility index (Phi) is 3.66. The summed E-state index contributed by atoms with van der Waals surface area (Å²) in [5.41, 5.74) is 2.89. The Hall–Kier alpha value is -2.35. The van der Waals surface area contributed by atoms with Crippen LogP contribution in [0, 0.1) is 47.3 Å². The number of carbonyl (C=O) groups excluding carboxylic acids is 1. The minimum atomic E-state index is -0.137. The van der Waals surface area contributed by atoms with Gasteiger partial charge in [-0.1, -0.05) is 54.6 Å². The highest BCUT2D eigenvalue weighted by molar-refractivity contribution is 5.91. The lowest BCUT2D eigenvalue weighted by Crippen LogP contribution is -2.34. The molecule has 7 rings (SSSR count). The summed E-state index contributed by atoms with van der Waals surface area (Å²) >= 11 is 0. The molecule has 0 saturated heterocycles. The van der Waals surface area contributed by atoms with Gasteiger partial charge in [0.05, 0.1) is 5.56 Å². The number of hydrogen-bond acceptors (Lipinski definition) is 2. The predicted octanol–water partition coefficient (Wildman–Crippen LogP) is 5.99. The summed E-state index contributed by atoms with van der Waals surface area (Å²) in [4.78, 5) is 13.0. The van der Waals surface area contributed by atoms with Crippen molar-refractivity contribution in [2.45, 2.75) is 31.8 Å². The van der Waals surface area contributed by atoms with Gasteiger partial charge in [0, 0.05) is 0 Å². The number of hydrogen-bond donors (Lipinski definition) is 0. The standard InChI is InChI=1S/C28H28O2/c29-28(20-8-4-7-17(11-20)16-5-2-1-3-6-16)30-25-14-21-13-23(25)24-15-22-18-9-10-19(12-18)26(22)27(21)24/h1-11,18-19,21-27H,12-15H2. The van der Waals surface area contributed by atoms with Crippen LogP contribution in [0.5, 0.6) is 0 Å². The Morgan fingerprint density at radius 3 is 2.47 bits per heavy atom. The summed E-state index contributed by atoms with van der Waals surface area (Å²) in [6.45, 7) is 0. The Balaban J connectivity index is 1.08. The minimum Gasteiger partial charge on any atom is -0.458 e. The first kappa shape index (κ1) is 17.3. The third-order valence-electron chi connectivity index (χ3n) is 9.32. The van der Waals surface area contributed by atoms with Crippen molar-refractivity contribution in [3.05, 3.63) is 72.3 Å². The zero-order valence-corrected chi connectivity index (χ0v) is 17.2. The van der Waals surface area contributed by atoms with Crippen molar-refractivity contribution >= 4 is 5.97 Å². The molecule has 9 atom stereocenters. The first-order valence-corrected chi connectivity index (χ1v) is 11.8. The maximum atomic E-state index is 13.0. The second-order valence-electron chi connectivity index (χ2n) is 10.5. The van der Waals surface area contributed by atoms with Crippen molar-refractivity contribution in [2.75, 3.05) is 0 Å². The minimum absolute atomic E-state index is 0.133. The quantitative estimate of drug-likeness (QED) is 0.470. The van der Waals surface area contributed by atoms with Crippen LogP contribution in [0.1, 0.15) is 36.0 Å². The van der Waals surface area contributed by atoms with Crippen LogP contribution in [0.4, 0.5) is 0 Å². The van der Waals surface area contributed by atoms with E-state index in [9.17, 15) is 4.79 Å². The van der Waals surface area contributed by atoms with Gasteiger partial charge in [-0.2, -0.15) is 0 Å². The summed E-state index contributed by atoms with van der Waals surface area (Å²) in [6, 6.07) is 18.2. The van der Waals surface area contributed by atoms with Gasteiger partial charge in [0.2, 0.25) is 0 Å². The average Bonchev–Trinajstić information content (AvgIpc) is 3.57. The molecule has 5 aliphatic carbocycles. The normalized spacial score (nSPS) is 41.8. The van der Waals surface area contributed by atoms with Crippen LogP contribution in [0.3, 0.4) is 0 Å². The zero-order chi connectivity index (χ0) is 19.8. The molecule has 0 N–H and O–H groups in total. The third kappa shape index (κ3) is 2.40. The van der Waals surface area contributed by atoms with Gasteiger partial charge in [-0.25, -0.2) is 4.79 Å². The summed E-state index contributed by atoms with van der Waals surface area (Å²) in [5, 5.41) is 0. The molecule has 30 heavy (non-hydrogen) atoms. The number of esters is 1. The van der Waals surface area contributed by atoms with Crippen molar-refractivity contribution in [2.24, 2.45) is 47.3 Å². The third-order valence-corrected chi connectivity index (χ3v) is 9.32. The molecule has 0 aromatic heterocycles. The summed E-state index contributed by atoms with van der Waals surface area (Å²) in [7, 11) is 0. The number of benzene rings is 2. The van der Waals surface area contributed by atoms with E-state index in [1.807, 2.05) is 36.4 Å². The maximum Gasteiger partial charge on any atom is 0.338 e. The van der Waals surface area contributed by atoms with E-state index in [1.165, 1.54) is 19.3 Å². The highest BCUT2D eigenvalue weighted by Crippen LogP contribution is 2.69.